The maximum absolute atomic E-state index is 5.14. The summed E-state index contributed by atoms with van der Waals surface area (Å²) in [5.41, 5.74) is 12.3. The molecule has 0 fully saturated rings. The van der Waals surface area contributed by atoms with Crippen molar-refractivity contribution < 1.29 is 0 Å². The van der Waals surface area contributed by atoms with Crippen molar-refractivity contribution in [1.29, 1.82) is 0 Å². The fourth-order valence-electron chi connectivity index (χ4n) is 6.89. The lowest BCUT2D eigenvalue weighted by Crippen LogP contribution is -2.21. The van der Waals surface area contributed by atoms with Gasteiger partial charge in [0.05, 0.1) is 22.6 Å². The van der Waals surface area contributed by atoms with Gasteiger partial charge in [-0.05, 0) is 106 Å². The Morgan fingerprint density at radius 1 is 1.05 bits per heavy atom. The molecule has 5 aromatic rings. The van der Waals surface area contributed by atoms with Crippen molar-refractivity contribution in [2.24, 2.45) is 4.99 Å². The second kappa shape index (κ2) is 10.4. The van der Waals surface area contributed by atoms with Gasteiger partial charge in [0.15, 0.2) is 0 Å². The smallest absolute Gasteiger partial charge is 0.133 e. The van der Waals surface area contributed by atoms with E-state index in [0.717, 1.165) is 36.3 Å². The number of benzene rings is 3. The summed E-state index contributed by atoms with van der Waals surface area (Å²) in [6, 6.07) is 17.9. The predicted molar refractivity (Wildman–Crippen MR) is 181 cm³/mol. The summed E-state index contributed by atoms with van der Waals surface area (Å²) >= 11 is 0. The summed E-state index contributed by atoms with van der Waals surface area (Å²) in [5, 5.41) is 7.56. The third kappa shape index (κ3) is 4.00. The first-order chi connectivity index (χ1) is 20.5. The lowest BCUT2D eigenvalue weighted by molar-refractivity contribution is 0.812. The van der Waals surface area contributed by atoms with E-state index in [9.17, 15) is 0 Å². The molecule has 42 heavy (non-hydrogen) atoms. The SMILES string of the molecule is C/C=C(\C=C/CC)n1ccc2c3c4c(C)c(C5=NC(C)c6ccccc6N5)ccc4n(C4=CCCC=C4)c3cc(C)c21. The highest BCUT2D eigenvalue weighted by atomic mass is 15.0. The van der Waals surface area contributed by atoms with Crippen LogP contribution in [0.4, 0.5) is 5.69 Å². The quantitative estimate of drug-likeness (QED) is 0.217. The zero-order valence-corrected chi connectivity index (χ0v) is 25.2. The molecule has 1 aliphatic heterocycles. The van der Waals surface area contributed by atoms with Gasteiger partial charge in [0.2, 0.25) is 0 Å². The van der Waals surface area contributed by atoms with Gasteiger partial charge in [0, 0.05) is 45.0 Å². The van der Waals surface area contributed by atoms with Crippen molar-refractivity contribution >= 4 is 55.6 Å². The molecular formula is C38H38N4. The van der Waals surface area contributed by atoms with Crippen LogP contribution in [0.1, 0.15) is 68.3 Å². The number of rotatable bonds is 5. The van der Waals surface area contributed by atoms with Crippen LogP contribution < -0.4 is 5.32 Å². The molecule has 0 saturated heterocycles. The highest BCUT2D eigenvalue weighted by molar-refractivity contribution is 6.25. The summed E-state index contributed by atoms with van der Waals surface area (Å²) in [5.74, 6) is 0.945. The Bertz CT molecular complexity index is 2040. The minimum absolute atomic E-state index is 0.102. The monoisotopic (exact) mass is 550 g/mol. The summed E-state index contributed by atoms with van der Waals surface area (Å²) in [6.45, 7) is 11.0. The second-order valence-electron chi connectivity index (χ2n) is 11.5. The van der Waals surface area contributed by atoms with Crippen LogP contribution >= 0.6 is 0 Å². The fourth-order valence-corrected chi connectivity index (χ4v) is 6.89. The summed E-state index contributed by atoms with van der Waals surface area (Å²) < 4.78 is 4.83. The van der Waals surface area contributed by atoms with Crippen LogP contribution in [0.2, 0.25) is 0 Å². The van der Waals surface area contributed by atoms with Crippen molar-refractivity contribution in [3.63, 3.8) is 0 Å². The number of hydrogen-bond donors (Lipinski definition) is 1. The molecule has 1 aliphatic carbocycles. The molecule has 2 aromatic heterocycles. The average Bonchev–Trinajstić information content (AvgIpc) is 3.59. The molecule has 210 valence electrons. The molecule has 1 unspecified atom stereocenters. The Kier molecular flexibility index (Phi) is 6.50. The van der Waals surface area contributed by atoms with Crippen LogP contribution in [0, 0.1) is 13.8 Å². The number of fused-ring (bicyclic) bond motifs is 6. The molecule has 1 atom stereocenters. The van der Waals surface area contributed by atoms with Crippen molar-refractivity contribution in [1.82, 2.24) is 9.13 Å². The number of hydrogen-bond acceptors (Lipinski definition) is 2. The van der Waals surface area contributed by atoms with E-state index < -0.39 is 0 Å². The number of nitrogens with zero attached hydrogens (tertiary/aromatic N) is 3. The number of allylic oxidation sites excluding steroid dienone is 8. The third-order valence-electron chi connectivity index (χ3n) is 8.89. The van der Waals surface area contributed by atoms with Crippen LogP contribution in [-0.4, -0.2) is 15.0 Å². The zero-order valence-electron chi connectivity index (χ0n) is 25.2. The Morgan fingerprint density at radius 3 is 2.69 bits per heavy atom. The first-order valence-electron chi connectivity index (χ1n) is 15.2. The van der Waals surface area contributed by atoms with E-state index in [-0.39, 0.29) is 6.04 Å². The fraction of sp³-hybridized carbons (Fsp3) is 0.237. The molecule has 0 radical (unpaired) electrons. The topological polar surface area (TPSA) is 34.2 Å². The van der Waals surface area contributed by atoms with Crippen molar-refractivity contribution in [2.45, 2.75) is 59.9 Å². The van der Waals surface area contributed by atoms with E-state index in [1.54, 1.807) is 0 Å². The number of nitrogens with one attached hydrogen (secondary N) is 1. The van der Waals surface area contributed by atoms with Crippen LogP contribution in [0.25, 0.3) is 44.1 Å². The van der Waals surface area contributed by atoms with Crippen LogP contribution in [-0.2, 0) is 0 Å². The normalized spacial score (nSPS) is 17.3. The van der Waals surface area contributed by atoms with E-state index in [1.165, 1.54) is 60.8 Å². The molecule has 7 rings (SSSR count). The van der Waals surface area contributed by atoms with Gasteiger partial charge in [0.1, 0.15) is 5.84 Å². The van der Waals surface area contributed by atoms with Gasteiger partial charge in [-0.15, -0.1) is 0 Å². The van der Waals surface area contributed by atoms with Crippen molar-refractivity contribution in [2.75, 3.05) is 5.32 Å². The standard InChI is InChI=1S/C38H38N4/c1-6-8-14-27(7-2)41-22-21-31-36-34(23-24(3)37(31)41)42(28-15-10-9-11-16-28)33-20-19-29(25(4)35(33)36)38-39-26(5)30-17-12-13-18-32(30)40-38/h7-8,10,12-23,26H,6,9,11H2,1-5H3,(H,39,40)/b14-8-,27-7+. The summed E-state index contributed by atoms with van der Waals surface area (Å²) in [4.78, 5) is 5.14. The molecule has 1 N–H and O–H groups in total. The van der Waals surface area contributed by atoms with E-state index in [2.05, 4.69) is 140 Å². The van der Waals surface area contributed by atoms with Crippen molar-refractivity contribution in [3.8, 4) is 0 Å². The Hall–Kier alpha value is -4.57. The Morgan fingerprint density at radius 2 is 1.90 bits per heavy atom. The van der Waals surface area contributed by atoms with Gasteiger partial charge in [-0.1, -0.05) is 49.4 Å². The van der Waals surface area contributed by atoms with Crippen LogP contribution in [0.15, 0.2) is 96.2 Å². The maximum Gasteiger partial charge on any atom is 0.133 e. The molecule has 0 spiro atoms. The minimum atomic E-state index is 0.102. The van der Waals surface area contributed by atoms with E-state index in [4.69, 9.17) is 4.99 Å². The Balaban J connectivity index is 1.54. The predicted octanol–water partition coefficient (Wildman–Crippen LogP) is 10.3. The van der Waals surface area contributed by atoms with Gasteiger partial charge in [0.25, 0.3) is 0 Å². The second-order valence-corrected chi connectivity index (χ2v) is 11.5. The molecule has 2 aliphatic rings. The molecule has 0 bridgehead atoms. The first-order valence-corrected chi connectivity index (χ1v) is 15.2. The molecule has 4 nitrogen and oxygen atoms in total. The summed E-state index contributed by atoms with van der Waals surface area (Å²) in [6.07, 6.45) is 19.0. The molecule has 0 saturated carbocycles. The minimum Gasteiger partial charge on any atom is -0.340 e. The van der Waals surface area contributed by atoms with E-state index >= 15 is 0 Å². The number of aromatic nitrogens is 2. The van der Waals surface area contributed by atoms with Crippen molar-refractivity contribution in [3.05, 3.63) is 113 Å². The number of amidine groups is 1. The number of para-hydroxylation sites is 1. The molecule has 3 heterocycles. The zero-order chi connectivity index (χ0) is 29.0. The van der Waals surface area contributed by atoms with E-state index in [1.807, 2.05) is 0 Å². The highest BCUT2D eigenvalue weighted by Gasteiger charge is 2.24. The summed E-state index contributed by atoms with van der Waals surface area (Å²) in [7, 11) is 0. The van der Waals surface area contributed by atoms with E-state index in [0.29, 0.717) is 0 Å². The first kappa shape index (κ1) is 26.3. The maximum atomic E-state index is 5.14. The van der Waals surface area contributed by atoms with Gasteiger partial charge >= 0.3 is 0 Å². The molecular weight excluding hydrogens is 512 g/mol. The lowest BCUT2D eigenvalue weighted by atomic mass is 9.97. The molecule has 0 amide bonds. The Labute approximate surface area is 248 Å². The average molecular weight is 551 g/mol. The van der Waals surface area contributed by atoms with Gasteiger partial charge in [-0.2, -0.15) is 0 Å². The number of aliphatic imine (C=N–C) groups is 1. The largest absolute Gasteiger partial charge is 0.340 e. The van der Waals surface area contributed by atoms with Crippen LogP contribution in [0.3, 0.4) is 0 Å². The molecule has 3 aromatic carbocycles. The van der Waals surface area contributed by atoms with Gasteiger partial charge in [-0.25, -0.2) is 0 Å². The lowest BCUT2D eigenvalue weighted by Gasteiger charge is -2.24. The number of aryl methyl sites for hydroxylation is 2. The van der Waals surface area contributed by atoms with Gasteiger partial charge in [-0.3, -0.25) is 4.99 Å². The third-order valence-corrected chi connectivity index (χ3v) is 8.89. The number of anilines is 1. The molecule has 4 heteroatoms. The van der Waals surface area contributed by atoms with Crippen LogP contribution in [0.5, 0.6) is 0 Å². The van der Waals surface area contributed by atoms with Gasteiger partial charge < -0.3 is 14.5 Å². The highest BCUT2D eigenvalue weighted by Crippen LogP contribution is 2.42.